The number of rotatable bonds is 16. The van der Waals surface area contributed by atoms with Crippen LogP contribution < -0.4 is 5.73 Å². The van der Waals surface area contributed by atoms with E-state index in [1.54, 1.807) is 22.9 Å². The maximum Gasteiger partial charge on any atom is 0.128 e. The molecule has 4 heteroatoms. The van der Waals surface area contributed by atoms with Crippen molar-refractivity contribution in [2.75, 3.05) is 0 Å². The van der Waals surface area contributed by atoms with Gasteiger partial charge in [0.05, 0.1) is 0 Å². The molecule has 0 aromatic carbocycles. The third-order valence-electron chi connectivity index (χ3n) is 4.21. The maximum absolute atomic E-state index is 4.71. The summed E-state index contributed by atoms with van der Waals surface area (Å²) in [5, 5.41) is 3.35. The Bertz CT molecular complexity index is 205. The molecular formula is C19H41NS2Zn. The van der Waals surface area contributed by atoms with E-state index in [0.717, 1.165) is 0 Å². The van der Waals surface area contributed by atoms with Crippen molar-refractivity contribution < 1.29 is 17.1 Å². The Morgan fingerprint density at radius 1 is 0.696 bits per heavy atom. The summed E-state index contributed by atoms with van der Waals surface area (Å²) in [5.41, 5.74) is 4.71. The van der Waals surface area contributed by atoms with E-state index in [2.05, 4.69) is 38.7 Å². The van der Waals surface area contributed by atoms with Gasteiger partial charge in [-0.25, -0.2) is 0 Å². The molecular weight excluding hydrogens is 372 g/mol. The van der Waals surface area contributed by atoms with Crippen LogP contribution in [-0.4, -0.2) is 4.32 Å². The van der Waals surface area contributed by atoms with Crippen LogP contribution >= 0.6 is 24.8 Å². The van der Waals surface area contributed by atoms with Crippen LogP contribution in [0.15, 0.2) is 0 Å². The molecule has 0 aromatic heterocycles. The molecule has 0 saturated heterocycles. The monoisotopic (exact) mass is 411 g/mol. The molecule has 0 radical (unpaired) electrons. The van der Waals surface area contributed by atoms with E-state index in [1.807, 2.05) is 0 Å². The van der Waals surface area contributed by atoms with Crippen LogP contribution in [0.25, 0.3) is 0 Å². The van der Waals surface area contributed by atoms with E-state index >= 15 is 0 Å². The Morgan fingerprint density at radius 3 is 1.26 bits per heavy atom. The van der Waals surface area contributed by atoms with Crippen molar-refractivity contribution in [3.05, 3.63) is 0 Å². The molecule has 0 rings (SSSR count). The Hall–Kier alpha value is 0.863. The van der Waals surface area contributed by atoms with Crippen molar-refractivity contribution in [2.24, 2.45) is 5.73 Å². The van der Waals surface area contributed by atoms with E-state index in [-0.39, 0.29) is 21.4 Å². The second kappa shape index (κ2) is 25.1. The molecule has 0 bridgehead atoms. The fourth-order valence-corrected chi connectivity index (χ4v) is 6.51. The molecule has 0 heterocycles. The van der Waals surface area contributed by atoms with Crippen molar-refractivity contribution >= 4 is 29.2 Å². The van der Waals surface area contributed by atoms with Gasteiger partial charge in [0.1, 0.15) is 4.32 Å². The van der Waals surface area contributed by atoms with Gasteiger partial charge in [0.25, 0.3) is 0 Å². The second-order valence-corrected chi connectivity index (χ2v) is 12.3. The number of thiocarbonyl (C=S) groups is 1. The molecule has 2 N–H and O–H groups in total. The van der Waals surface area contributed by atoms with E-state index in [4.69, 9.17) is 5.73 Å². The smallest absolute Gasteiger partial charge is 0.128 e. The topological polar surface area (TPSA) is 26.0 Å². The van der Waals surface area contributed by atoms with Crippen LogP contribution in [0.4, 0.5) is 0 Å². The van der Waals surface area contributed by atoms with Gasteiger partial charge >= 0.3 is 131 Å². The number of thiol groups is 1. The van der Waals surface area contributed by atoms with Crippen LogP contribution in [0.1, 0.15) is 104 Å². The summed E-state index contributed by atoms with van der Waals surface area (Å²) in [4.78, 5) is 0. The molecule has 0 aliphatic rings. The Morgan fingerprint density at radius 2 is 0.957 bits per heavy atom. The SMILES string of the molecule is CCCCCCCC[CH2][Zn][CH2]CCCCCCCC.NC(=S)S. The van der Waals surface area contributed by atoms with E-state index in [0.29, 0.717) is 0 Å². The summed E-state index contributed by atoms with van der Waals surface area (Å²) in [6, 6.07) is 0. The zero-order valence-electron chi connectivity index (χ0n) is 16.0. The van der Waals surface area contributed by atoms with E-state index in [1.165, 1.54) is 77.0 Å². The zero-order chi connectivity index (χ0) is 17.6. The summed E-state index contributed by atoms with van der Waals surface area (Å²) >= 11 is 7.57. The molecule has 136 valence electrons. The van der Waals surface area contributed by atoms with Crippen LogP contribution in [0.3, 0.4) is 0 Å². The Kier molecular flexibility index (Phi) is 28.5. The van der Waals surface area contributed by atoms with Crippen molar-refractivity contribution in [2.45, 2.75) is 114 Å². The summed E-state index contributed by atoms with van der Waals surface area (Å²) in [5.74, 6) is 0. The Balaban J connectivity index is 0. The van der Waals surface area contributed by atoms with Crippen LogP contribution in [0, 0.1) is 0 Å². The molecule has 0 aromatic rings. The summed E-state index contributed by atoms with van der Waals surface area (Å²) in [7, 11) is 0. The molecule has 0 aliphatic heterocycles. The van der Waals surface area contributed by atoms with Gasteiger partial charge in [-0.05, 0) is 0 Å². The molecule has 0 unspecified atom stereocenters. The minimum absolute atomic E-state index is 0.0847. The standard InChI is InChI=1S/2C9H19.CH3NS2.Zn/c2*1-3-5-7-9-8-6-4-2;2-1(3)4;/h2*1,3-9H2,2H3;(H3,2,3,4);. The van der Waals surface area contributed by atoms with Crippen molar-refractivity contribution in [1.82, 2.24) is 0 Å². The summed E-state index contributed by atoms with van der Waals surface area (Å²) in [6.45, 7) is 4.61. The molecule has 0 spiro atoms. The van der Waals surface area contributed by atoms with Crippen molar-refractivity contribution in [3.63, 3.8) is 0 Å². The van der Waals surface area contributed by atoms with Gasteiger partial charge in [0.15, 0.2) is 0 Å². The first kappa shape index (κ1) is 26.1. The van der Waals surface area contributed by atoms with Gasteiger partial charge in [-0.2, -0.15) is 0 Å². The fraction of sp³-hybridized carbons (Fsp3) is 0.947. The number of hydrogen-bond donors (Lipinski definition) is 2. The van der Waals surface area contributed by atoms with Crippen molar-refractivity contribution in [1.29, 1.82) is 0 Å². The molecule has 0 saturated carbocycles. The predicted molar refractivity (Wildman–Crippen MR) is 111 cm³/mol. The average molecular weight is 413 g/mol. The summed E-state index contributed by atoms with van der Waals surface area (Å²) in [6.07, 6.45) is 20.9. The van der Waals surface area contributed by atoms with Gasteiger partial charge in [0.2, 0.25) is 0 Å². The quantitative estimate of drug-likeness (QED) is 0.118. The number of hydrogen-bond acceptors (Lipinski definition) is 1. The normalized spacial score (nSPS) is 9.87. The largest absolute Gasteiger partial charge is 0.385 e. The second-order valence-electron chi connectivity index (χ2n) is 6.64. The van der Waals surface area contributed by atoms with Crippen molar-refractivity contribution in [3.8, 4) is 0 Å². The molecule has 1 nitrogen and oxygen atoms in total. The minimum Gasteiger partial charge on any atom is -0.385 e. The van der Waals surface area contributed by atoms with Gasteiger partial charge in [0, 0.05) is 0 Å². The molecule has 0 amide bonds. The molecule has 0 atom stereocenters. The first-order chi connectivity index (χ1) is 11.1. The first-order valence-electron chi connectivity index (χ1n) is 10.1. The minimum atomic E-state index is -0.0847. The van der Waals surface area contributed by atoms with Gasteiger partial charge < -0.3 is 5.73 Å². The van der Waals surface area contributed by atoms with Gasteiger partial charge in [-0.3, -0.25) is 0 Å². The van der Waals surface area contributed by atoms with Crippen LogP contribution in [0.2, 0.25) is 10.0 Å². The third-order valence-corrected chi connectivity index (χ3v) is 8.40. The fourth-order valence-electron chi connectivity index (χ4n) is 2.80. The van der Waals surface area contributed by atoms with Crippen LogP contribution in [-0.2, 0) is 17.1 Å². The Labute approximate surface area is 165 Å². The predicted octanol–water partition coefficient (Wildman–Crippen LogP) is 7.57. The number of unbranched alkanes of at least 4 members (excludes halogenated alkanes) is 12. The first-order valence-corrected chi connectivity index (χ1v) is 15.2. The van der Waals surface area contributed by atoms with Gasteiger partial charge in [-0.15, -0.1) is 12.6 Å². The third kappa shape index (κ3) is 35.0. The maximum atomic E-state index is 4.71. The number of nitrogens with two attached hydrogens (primary N) is 1. The molecule has 0 fully saturated rings. The average Bonchev–Trinajstić information content (AvgIpc) is 2.50. The van der Waals surface area contributed by atoms with Crippen LogP contribution in [0.5, 0.6) is 0 Å². The van der Waals surface area contributed by atoms with E-state index < -0.39 is 0 Å². The molecule has 0 aliphatic carbocycles. The molecule has 23 heavy (non-hydrogen) atoms. The zero-order valence-corrected chi connectivity index (χ0v) is 20.6. The van der Waals surface area contributed by atoms with Gasteiger partial charge in [-0.1, -0.05) is 12.2 Å². The summed E-state index contributed by atoms with van der Waals surface area (Å²) < 4.78 is 0.194. The van der Waals surface area contributed by atoms with E-state index in [9.17, 15) is 0 Å².